The Labute approximate surface area is 286 Å². The van der Waals surface area contributed by atoms with Crippen LogP contribution in [-0.4, -0.2) is 31.8 Å². The minimum atomic E-state index is -0.506. The molecule has 5 aromatic rings. The first-order valence-electron chi connectivity index (χ1n) is 15.5. The average molecular weight is 655 g/mol. The van der Waals surface area contributed by atoms with E-state index in [4.69, 9.17) is 0 Å². The number of carbonyl (C=O) groups is 3. The maximum absolute atomic E-state index is 13.6. The number of thioether (sulfide) groups is 1. The third-order valence-electron chi connectivity index (χ3n) is 7.82. The predicted molar refractivity (Wildman–Crippen MR) is 197 cm³/mol. The van der Waals surface area contributed by atoms with Crippen molar-refractivity contribution in [1.29, 1.82) is 0 Å². The molecular weight excluding hydrogens is 617 g/mol. The molecule has 48 heavy (non-hydrogen) atoms. The summed E-state index contributed by atoms with van der Waals surface area (Å²) in [6, 6.07) is 39.3. The van der Waals surface area contributed by atoms with Crippen LogP contribution in [0.15, 0.2) is 138 Å². The van der Waals surface area contributed by atoms with Gasteiger partial charge in [-0.1, -0.05) is 72.8 Å². The van der Waals surface area contributed by atoms with Gasteiger partial charge in [0.25, 0.3) is 11.8 Å². The SMILES string of the molecule is Cc1cccc(NC(=O)C(Sc2ccc(NC(=O)/C(=C/c3ccc(N(C)C)cc3)NC(=O)c3ccccc3)cc2)c2ccccc2)c1C. The van der Waals surface area contributed by atoms with E-state index in [1.54, 1.807) is 42.5 Å². The van der Waals surface area contributed by atoms with Crippen LogP contribution >= 0.6 is 11.8 Å². The van der Waals surface area contributed by atoms with E-state index in [1.807, 2.05) is 124 Å². The second-order valence-electron chi connectivity index (χ2n) is 11.5. The molecule has 7 nitrogen and oxygen atoms in total. The first-order valence-corrected chi connectivity index (χ1v) is 16.4. The second kappa shape index (κ2) is 15.8. The number of hydrogen-bond acceptors (Lipinski definition) is 5. The molecule has 0 heterocycles. The summed E-state index contributed by atoms with van der Waals surface area (Å²) >= 11 is 1.43. The Morgan fingerprint density at radius 3 is 2.00 bits per heavy atom. The molecule has 0 fully saturated rings. The van der Waals surface area contributed by atoms with Gasteiger partial charge in [-0.3, -0.25) is 14.4 Å². The number of benzene rings is 5. The van der Waals surface area contributed by atoms with Crippen molar-refractivity contribution in [1.82, 2.24) is 5.32 Å². The molecule has 1 atom stereocenters. The van der Waals surface area contributed by atoms with Crippen molar-refractivity contribution in [3.05, 3.63) is 161 Å². The lowest BCUT2D eigenvalue weighted by Gasteiger charge is -2.19. The first kappa shape index (κ1) is 33.8. The molecule has 242 valence electrons. The molecule has 0 aliphatic heterocycles. The third kappa shape index (κ3) is 8.80. The fraction of sp³-hybridized carbons (Fsp3) is 0.125. The van der Waals surface area contributed by atoms with Crippen LogP contribution in [0.25, 0.3) is 6.08 Å². The maximum Gasteiger partial charge on any atom is 0.272 e. The van der Waals surface area contributed by atoms with Gasteiger partial charge in [0.1, 0.15) is 10.9 Å². The van der Waals surface area contributed by atoms with E-state index in [2.05, 4.69) is 16.0 Å². The van der Waals surface area contributed by atoms with Gasteiger partial charge in [-0.05, 0) is 96.8 Å². The van der Waals surface area contributed by atoms with E-state index < -0.39 is 11.2 Å². The van der Waals surface area contributed by atoms with Crippen molar-refractivity contribution in [2.45, 2.75) is 24.0 Å². The van der Waals surface area contributed by atoms with E-state index in [1.165, 1.54) is 11.8 Å². The lowest BCUT2D eigenvalue weighted by molar-refractivity contribution is -0.116. The number of amides is 3. The van der Waals surface area contributed by atoms with Gasteiger partial charge in [0.15, 0.2) is 0 Å². The molecule has 0 bridgehead atoms. The van der Waals surface area contributed by atoms with Gasteiger partial charge in [0, 0.05) is 41.6 Å². The van der Waals surface area contributed by atoms with Crippen LogP contribution in [0.5, 0.6) is 0 Å². The number of rotatable bonds is 11. The smallest absolute Gasteiger partial charge is 0.272 e. The van der Waals surface area contributed by atoms with E-state index in [-0.39, 0.29) is 17.5 Å². The Kier molecular flexibility index (Phi) is 11.1. The zero-order chi connectivity index (χ0) is 34.0. The van der Waals surface area contributed by atoms with Crippen LogP contribution in [0.1, 0.15) is 37.9 Å². The summed E-state index contributed by atoms with van der Waals surface area (Å²) < 4.78 is 0. The van der Waals surface area contributed by atoms with Gasteiger partial charge in [-0.15, -0.1) is 11.8 Å². The molecule has 5 rings (SSSR count). The summed E-state index contributed by atoms with van der Waals surface area (Å²) in [5.74, 6) is -0.981. The second-order valence-corrected chi connectivity index (χ2v) is 12.7. The van der Waals surface area contributed by atoms with Crippen molar-refractivity contribution in [2.24, 2.45) is 0 Å². The van der Waals surface area contributed by atoms with Crippen LogP contribution in [-0.2, 0) is 9.59 Å². The minimum absolute atomic E-state index is 0.104. The number of hydrogen-bond donors (Lipinski definition) is 3. The topological polar surface area (TPSA) is 90.5 Å². The molecule has 3 amide bonds. The number of carbonyl (C=O) groups excluding carboxylic acids is 3. The van der Waals surface area contributed by atoms with E-state index in [9.17, 15) is 14.4 Å². The molecule has 0 aromatic heterocycles. The number of nitrogens with zero attached hydrogens (tertiary/aromatic N) is 1. The monoisotopic (exact) mass is 654 g/mol. The largest absolute Gasteiger partial charge is 0.378 e. The maximum atomic E-state index is 13.6. The molecule has 3 N–H and O–H groups in total. The van der Waals surface area contributed by atoms with E-state index >= 15 is 0 Å². The molecule has 5 aromatic carbocycles. The van der Waals surface area contributed by atoms with E-state index in [0.29, 0.717) is 11.3 Å². The fourth-order valence-electron chi connectivity index (χ4n) is 4.91. The molecule has 0 saturated carbocycles. The Morgan fingerprint density at radius 2 is 1.35 bits per heavy atom. The lowest BCUT2D eigenvalue weighted by Crippen LogP contribution is -2.30. The summed E-state index contributed by atoms with van der Waals surface area (Å²) in [5.41, 5.74) is 6.67. The van der Waals surface area contributed by atoms with Crippen LogP contribution in [0.2, 0.25) is 0 Å². The Hall–Kier alpha value is -5.60. The standard InChI is InChI=1S/C40H38N4O3S/c1-27-12-11-17-35(28(27)2)42-40(47)37(30-13-7-5-8-14-30)48-34-24-20-32(21-25-34)41-39(46)36(43-38(45)31-15-9-6-10-16-31)26-29-18-22-33(23-19-29)44(3)4/h5-26,37H,1-4H3,(H,41,46)(H,42,47)(H,43,45)/b36-26-. The molecule has 0 spiro atoms. The van der Waals surface area contributed by atoms with Crippen LogP contribution in [0, 0.1) is 13.8 Å². The van der Waals surface area contributed by atoms with Crippen LogP contribution in [0.3, 0.4) is 0 Å². The number of aryl methyl sites for hydroxylation is 1. The van der Waals surface area contributed by atoms with Crippen molar-refractivity contribution in [3.63, 3.8) is 0 Å². The summed E-state index contributed by atoms with van der Waals surface area (Å²) in [6.45, 7) is 4.02. The van der Waals surface area contributed by atoms with Gasteiger partial charge in [0.2, 0.25) is 5.91 Å². The molecular formula is C40H38N4O3S. The summed E-state index contributed by atoms with van der Waals surface area (Å²) in [7, 11) is 3.91. The molecule has 0 aliphatic rings. The van der Waals surface area contributed by atoms with Crippen molar-refractivity contribution in [2.75, 3.05) is 29.6 Å². The molecule has 1 unspecified atom stereocenters. The molecule has 0 radical (unpaired) electrons. The highest BCUT2D eigenvalue weighted by molar-refractivity contribution is 8.00. The Morgan fingerprint density at radius 1 is 0.708 bits per heavy atom. The average Bonchev–Trinajstić information content (AvgIpc) is 3.10. The zero-order valence-electron chi connectivity index (χ0n) is 27.4. The van der Waals surface area contributed by atoms with Crippen LogP contribution < -0.4 is 20.9 Å². The lowest BCUT2D eigenvalue weighted by atomic mass is 10.1. The predicted octanol–water partition coefficient (Wildman–Crippen LogP) is 8.25. The van der Waals surface area contributed by atoms with Gasteiger partial charge in [0.05, 0.1) is 0 Å². The van der Waals surface area contributed by atoms with Gasteiger partial charge >= 0.3 is 0 Å². The van der Waals surface area contributed by atoms with Gasteiger partial charge in [-0.25, -0.2) is 0 Å². The van der Waals surface area contributed by atoms with Crippen LogP contribution in [0.4, 0.5) is 17.1 Å². The quantitative estimate of drug-likeness (QED) is 0.0986. The van der Waals surface area contributed by atoms with Crippen molar-refractivity contribution in [3.8, 4) is 0 Å². The highest BCUT2D eigenvalue weighted by Crippen LogP contribution is 2.37. The number of nitrogens with one attached hydrogen (secondary N) is 3. The van der Waals surface area contributed by atoms with Crippen molar-refractivity contribution >= 4 is 52.6 Å². The zero-order valence-corrected chi connectivity index (χ0v) is 28.2. The highest BCUT2D eigenvalue weighted by atomic mass is 32.2. The van der Waals surface area contributed by atoms with E-state index in [0.717, 1.165) is 38.5 Å². The normalized spacial score (nSPS) is 11.7. The minimum Gasteiger partial charge on any atom is -0.378 e. The first-order chi connectivity index (χ1) is 23.2. The molecule has 8 heteroatoms. The summed E-state index contributed by atoms with van der Waals surface area (Å²) in [6.07, 6.45) is 1.65. The number of anilines is 3. The molecule has 0 aliphatic carbocycles. The van der Waals surface area contributed by atoms with Gasteiger partial charge in [-0.2, -0.15) is 0 Å². The summed E-state index contributed by atoms with van der Waals surface area (Å²) in [4.78, 5) is 43.1. The third-order valence-corrected chi connectivity index (χ3v) is 9.08. The summed E-state index contributed by atoms with van der Waals surface area (Å²) in [5, 5.41) is 8.30. The van der Waals surface area contributed by atoms with Gasteiger partial charge < -0.3 is 20.9 Å². The van der Waals surface area contributed by atoms with Crippen molar-refractivity contribution < 1.29 is 14.4 Å². The Bertz CT molecular complexity index is 1910. The highest BCUT2D eigenvalue weighted by Gasteiger charge is 2.23. The fourth-order valence-corrected chi connectivity index (χ4v) is 5.94. The molecule has 0 saturated heterocycles. The Balaban J connectivity index is 1.34.